The second-order valence-electron chi connectivity index (χ2n) is 10.9. The van der Waals surface area contributed by atoms with Gasteiger partial charge >= 0.3 is 0 Å². The number of piperidine rings is 1. The van der Waals surface area contributed by atoms with Crippen LogP contribution in [0.1, 0.15) is 47.2 Å². The van der Waals surface area contributed by atoms with Crippen molar-refractivity contribution in [3.8, 4) is 0 Å². The van der Waals surface area contributed by atoms with Gasteiger partial charge < -0.3 is 20.4 Å². The molecule has 3 amide bonds. The number of likely N-dealkylation sites (tertiary alicyclic amines) is 1. The highest BCUT2D eigenvalue weighted by molar-refractivity contribution is 5.95. The Morgan fingerprint density at radius 1 is 1.09 bits per heavy atom. The van der Waals surface area contributed by atoms with Crippen LogP contribution in [-0.2, 0) is 10.2 Å². The zero-order valence-electron chi connectivity index (χ0n) is 20.6. The van der Waals surface area contributed by atoms with Crippen LogP contribution < -0.4 is 15.5 Å². The highest BCUT2D eigenvalue weighted by atomic mass is 16.2. The van der Waals surface area contributed by atoms with E-state index in [9.17, 15) is 14.4 Å². The van der Waals surface area contributed by atoms with Gasteiger partial charge in [-0.15, -0.1) is 0 Å². The third kappa shape index (κ3) is 4.88. The molecule has 1 saturated carbocycles. The Labute approximate surface area is 206 Å². The molecule has 3 heterocycles. The maximum absolute atomic E-state index is 12.9. The van der Waals surface area contributed by atoms with Gasteiger partial charge in [-0.1, -0.05) is 39.0 Å². The number of piperazine rings is 1. The molecule has 8 heteroatoms. The number of rotatable bonds is 5. The zero-order chi connectivity index (χ0) is 24.7. The Bertz CT molecular complexity index is 1130. The van der Waals surface area contributed by atoms with Gasteiger partial charge in [0.15, 0.2) is 0 Å². The van der Waals surface area contributed by atoms with Crippen molar-refractivity contribution in [3.05, 3.63) is 59.3 Å². The molecule has 184 valence electrons. The van der Waals surface area contributed by atoms with Crippen LogP contribution in [0.15, 0.2) is 42.5 Å². The smallest absolute Gasteiger partial charge is 0.269 e. The highest BCUT2D eigenvalue weighted by Gasteiger charge is 2.56. The largest absolute Gasteiger partial charge is 0.353 e. The predicted octanol–water partition coefficient (Wildman–Crippen LogP) is 2.06. The van der Waals surface area contributed by atoms with Crippen molar-refractivity contribution < 1.29 is 14.4 Å². The van der Waals surface area contributed by atoms with Gasteiger partial charge in [0.05, 0.1) is 6.54 Å². The fourth-order valence-electron chi connectivity index (χ4n) is 5.27. The average Bonchev–Trinajstić information content (AvgIpc) is 3.29. The van der Waals surface area contributed by atoms with Crippen LogP contribution in [0.5, 0.6) is 0 Å². The summed E-state index contributed by atoms with van der Waals surface area (Å²) in [5.74, 6) is 1.78. The molecule has 2 aliphatic heterocycles. The lowest BCUT2D eigenvalue weighted by Gasteiger charge is -2.27. The lowest BCUT2D eigenvalue weighted by atomic mass is 9.86. The molecule has 0 radical (unpaired) electrons. The van der Waals surface area contributed by atoms with E-state index in [2.05, 4.69) is 36.4 Å². The van der Waals surface area contributed by atoms with E-state index >= 15 is 0 Å². The summed E-state index contributed by atoms with van der Waals surface area (Å²) in [6, 6.07) is 13.3. The maximum atomic E-state index is 12.9. The number of aromatic nitrogens is 1. The fraction of sp³-hybridized carbons (Fsp3) is 0.481. The number of amides is 3. The molecule has 1 aliphatic carbocycles. The lowest BCUT2D eigenvalue weighted by molar-refractivity contribution is -0.120. The molecule has 3 aliphatic rings. The Morgan fingerprint density at radius 2 is 1.80 bits per heavy atom. The van der Waals surface area contributed by atoms with E-state index in [1.54, 1.807) is 12.1 Å². The van der Waals surface area contributed by atoms with E-state index in [0.29, 0.717) is 48.9 Å². The van der Waals surface area contributed by atoms with Gasteiger partial charge in [-0.2, -0.15) is 0 Å². The van der Waals surface area contributed by atoms with Gasteiger partial charge in [0.2, 0.25) is 5.91 Å². The van der Waals surface area contributed by atoms with Crippen LogP contribution in [0.25, 0.3) is 0 Å². The van der Waals surface area contributed by atoms with E-state index < -0.39 is 0 Å². The van der Waals surface area contributed by atoms with Crippen molar-refractivity contribution in [2.24, 2.45) is 17.8 Å². The minimum Gasteiger partial charge on any atom is -0.353 e. The SMILES string of the molecule is CC(C)(C)c1ccc(C(=O)N2CC3C(CNC(=O)c4cccc(N5CCNC(=O)C5)n4)C3C2)cc1. The zero-order valence-corrected chi connectivity index (χ0v) is 20.6. The monoisotopic (exact) mass is 475 g/mol. The van der Waals surface area contributed by atoms with Crippen molar-refractivity contribution in [3.63, 3.8) is 0 Å². The molecular weight excluding hydrogens is 442 g/mol. The molecule has 0 spiro atoms. The summed E-state index contributed by atoms with van der Waals surface area (Å²) in [6.45, 7) is 10.1. The van der Waals surface area contributed by atoms with Crippen LogP contribution >= 0.6 is 0 Å². The Hall–Kier alpha value is -3.42. The number of carbonyl (C=O) groups is 3. The molecule has 1 aromatic heterocycles. The lowest BCUT2D eigenvalue weighted by Crippen LogP contribution is -2.48. The standard InChI is InChI=1S/C27H33N5O3/c1-27(2,3)18-9-7-17(8-10-18)26(35)32-14-20-19(21(20)15-32)13-29-25(34)22-5-4-6-23(30-22)31-12-11-28-24(33)16-31/h4-10,19-21H,11-16H2,1-3H3,(H,28,33)(H,29,34). The van der Waals surface area contributed by atoms with Crippen molar-refractivity contribution in [1.29, 1.82) is 0 Å². The molecule has 2 N–H and O–H groups in total. The number of pyridine rings is 1. The Kier molecular flexibility index (Phi) is 5.99. The summed E-state index contributed by atoms with van der Waals surface area (Å²) in [6.07, 6.45) is 0. The van der Waals surface area contributed by atoms with Crippen LogP contribution in [-0.4, -0.2) is 66.9 Å². The minimum absolute atomic E-state index is 0.0392. The summed E-state index contributed by atoms with van der Waals surface area (Å²) in [5.41, 5.74) is 2.38. The molecule has 3 fully saturated rings. The number of carbonyl (C=O) groups excluding carboxylic acids is 3. The van der Waals surface area contributed by atoms with Gasteiger partial charge in [0, 0.05) is 38.3 Å². The van der Waals surface area contributed by atoms with E-state index in [-0.39, 0.29) is 29.7 Å². The molecule has 5 rings (SSSR count). The van der Waals surface area contributed by atoms with Crippen LogP contribution in [0.3, 0.4) is 0 Å². The maximum Gasteiger partial charge on any atom is 0.269 e. The van der Waals surface area contributed by atoms with Gasteiger partial charge in [-0.05, 0) is 53.0 Å². The summed E-state index contributed by atoms with van der Waals surface area (Å²) >= 11 is 0. The van der Waals surface area contributed by atoms with Crippen LogP contribution in [0.2, 0.25) is 0 Å². The van der Waals surface area contributed by atoms with Crippen molar-refractivity contribution in [2.75, 3.05) is 44.2 Å². The number of hydrogen-bond donors (Lipinski definition) is 2. The van der Waals surface area contributed by atoms with Crippen LogP contribution in [0.4, 0.5) is 5.82 Å². The topological polar surface area (TPSA) is 94.6 Å². The molecule has 1 aromatic carbocycles. The Balaban J connectivity index is 1.11. The summed E-state index contributed by atoms with van der Waals surface area (Å²) < 4.78 is 0. The molecule has 2 aromatic rings. The highest BCUT2D eigenvalue weighted by Crippen LogP contribution is 2.51. The van der Waals surface area contributed by atoms with Gasteiger partial charge in [-0.3, -0.25) is 14.4 Å². The van der Waals surface area contributed by atoms with Gasteiger partial charge in [0.25, 0.3) is 11.8 Å². The van der Waals surface area contributed by atoms with Crippen molar-refractivity contribution in [2.45, 2.75) is 26.2 Å². The van der Waals surface area contributed by atoms with E-state index in [1.165, 1.54) is 5.56 Å². The first-order valence-corrected chi connectivity index (χ1v) is 12.4. The molecule has 2 unspecified atom stereocenters. The molecule has 0 bridgehead atoms. The third-order valence-corrected chi connectivity index (χ3v) is 7.48. The van der Waals surface area contributed by atoms with Gasteiger partial charge in [0.1, 0.15) is 11.5 Å². The van der Waals surface area contributed by atoms with E-state index in [1.807, 2.05) is 40.1 Å². The minimum atomic E-state index is -0.204. The molecule has 2 saturated heterocycles. The molecule has 2 atom stereocenters. The van der Waals surface area contributed by atoms with E-state index in [0.717, 1.165) is 18.7 Å². The number of nitrogens with one attached hydrogen (secondary N) is 2. The molecular formula is C27H33N5O3. The number of benzene rings is 1. The molecule has 35 heavy (non-hydrogen) atoms. The molecule has 8 nitrogen and oxygen atoms in total. The second kappa shape index (κ2) is 8.98. The van der Waals surface area contributed by atoms with E-state index in [4.69, 9.17) is 0 Å². The summed E-state index contributed by atoms with van der Waals surface area (Å²) in [4.78, 5) is 45.6. The normalized spacial score (nSPS) is 23.5. The Morgan fingerprint density at radius 3 is 2.46 bits per heavy atom. The fourth-order valence-corrected chi connectivity index (χ4v) is 5.27. The summed E-state index contributed by atoms with van der Waals surface area (Å²) in [5, 5.41) is 5.81. The summed E-state index contributed by atoms with van der Waals surface area (Å²) in [7, 11) is 0. The number of nitrogens with zero attached hydrogens (tertiary/aromatic N) is 3. The van der Waals surface area contributed by atoms with Gasteiger partial charge in [-0.25, -0.2) is 4.98 Å². The average molecular weight is 476 g/mol. The number of anilines is 1. The third-order valence-electron chi connectivity index (χ3n) is 7.48. The van der Waals surface area contributed by atoms with Crippen molar-refractivity contribution >= 4 is 23.5 Å². The number of fused-ring (bicyclic) bond motifs is 1. The van der Waals surface area contributed by atoms with Crippen molar-refractivity contribution in [1.82, 2.24) is 20.5 Å². The van der Waals surface area contributed by atoms with Crippen LogP contribution in [0, 0.1) is 17.8 Å². The first-order valence-electron chi connectivity index (χ1n) is 12.4. The quantitative estimate of drug-likeness (QED) is 0.691. The first-order chi connectivity index (χ1) is 16.7. The predicted molar refractivity (Wildman–Crippen MR) is 133 cm³/mol. The number of hydrogen-bond acceptors (Lipinski definition) is 5. The first kappa shape index (κ1) is 23.3. The second-order valence-corrected chi connectivity index (χ2v) is 10.9.